The summed E-state index contributed by atoms with van der Waals surface area (Å²) in [5, 5.41) is 4.29. The SMILES string of the molecule is CCN1CCc2nc(NC(=O)c3cc(Cl)ccc3Cl)sc2C1.Cl. The lowest BCUT2D eigenvalue weighted by molar-refractivity contribution is 0.102. The molecule has 0 bridgehead atoms. The van der Waals surface area contributed by atoms with E-state index in [9.17, 15) is 4.79 Å². The van der Waals surface area contributed by atoms with E-state index in [1.54, 1.807) is 18.2 Å². The maximum Gasteiger partial charge on any atom is 0.259 e. The minimum atomic E-state index is -0.286. The quantitative estimate of drug-likeness (QED) is 0.836. The highest BCUT2D eigenvalue weighted by Gasteiger charge is 2.21. The molecule has 0 saturated heterocycles. The van der Waals surface area contributed by atoms with Gasteiger partial charge in [0.05, 0.1) is 16.3 Å². The largest absolute Gasteiger partial charge is 0.298 e. The lowest BCUT2D eigenvalue weighted by Gasteiger charge is -2.23. The summed E-state index contributed by atoms with van der Waals surface area (Å²) in [6, 6.07) is 4.83. The molecular weight excluding hydrogens is 377 g/mol. The van der Waals surface area contributed by atoms with E-state index >= 15 is 0 Å². The maximum atomic E-state index is 12.3. The van der Waals surface area contributed by atoms with Gasteiger partial charge < -0.3 is 0 Å². The molecule has 3 rings (SSSR count). The second-order valence-corrected chi connectivity index (χ2v) is 7.01. The Bertz CT molecular complexity index is 720. The van der Waals surface area contributed by atoms with Crippen LogP contribution in [0.5, 0.6) is 0 Å². The monoisotopic (exact) mass is 391 g/mol. The Kier molecular flexibility index (Phi) is 6.28. The van der Waals surface area contributed by atoms with Crippen LogP contribution in [0.2, 0.25) is 10.0 Å². The first-order valence-corrected chi connectivity index (χ1v) is 8.61. The number of thiazole rings is 1. The van der Waals surface area contributed by atoms with Gasteiger partial charge in [-0.2, -0.15) is 0 Å². The van der Waals surface area contributed by atoms with Crippen LogP contribution >= 0.6 is 46.9 Å². The lowest BCUT2D eigenvalue weighted by atomic mass is 10.2. The number of halogens is 3. The van der Waals surface area contributed by atoms with E-state index in [-0.39, 0.29) is 18.3 Å². The van der Waals surface area contributed by atoms with E-state index in [1.807, 2.05) is 0 Å². The van der Waals surface area contributed by atoms with Crippen LogP contribution in [-0.2, 0) is 13.0 Å². The van der Waals surface area contributed by atoms with Gasteiger partial charge >= 0.3 is 0 Å². The molecule has 2 heterocycles. The second kappa shape index (κ2) is 7.81. The van der Waals surface area contributed by atoms with Crippen molar-refractivity contribution < 1.29 is 4.79 Å². The number of nitrogens with one attached hydrogen (secondary N) is 1. The van der Waals surface area contributed by atoms with Gasteiger partial charge in [0.2, 0.25) is 0 Å². The normalized spacial score (nSPS) is 14.0. The molecule has 0 radical (unpaired) electrons. The molecule has 0 unspecified atom stereocenters. The molecule has 0 atom stereocenters. The lowest BCUT2D eigenvalue weighted by Crippen LogP contribution is -2.29. The first kappa shape index (κ1) is 18.5. The molecule has 1 aliphatic rings. The van der Waals surface area contributed by atoms with E-state index in [1.165, 1.54) is 16.2 Å². The molecule has 8 heteroatoms. The number of likely N-dealkylation sites (N-methyl/N-ethyl adjacent to an activating group) is 1. The zero-order valence-electron chi connectivity index (χ0n) is 12.4. The molecular formula is C15H16Cl3N3OS. The number of rotatable bonds is 3. The van der Waals surface area contributed by atoms with Crippen molar-refractivity contribution in [3.63, 3.8) is 0 Å². The number of nitrogens with zero attached hydrogens (tertiary/aromatic N) is 2. The van der Waals surface area contributed by atoms with Gasteiger partial charge in [-0.1, -0.05) is 30.1 Å². The van der Waals surface area contributed by atoms with Gasteiger partial charge in [-0.05, 0) is 24.7 Å². The summed E-state index contributed by atoms with van der Waals surface area (Å²) in [4.78, 5) is 20.4. The summed E-state index contributed by atoms with van der Waals surface area (Å²) in [5.74, 6) is -0.286. The van der Waals surface area contributed by atoms with Crippen molar-refractivity contribution in [1.82, 2.24) is 9.88 Å². The van der Waals surface area contributed by atoms with Crippen molar-refractivity contribution >= 4 is 58.0 Å². The summed E-state index contributed by atoms with van der Waals surface area (Å²) >= 11 is 13.5. The third-order valence-corrected chi connectivity index (χ3v) is 5.21. The average molecular weight is 393 g/mol. The van der Waals surface area contributed by atoms with Crippen LogP contribution in [0.3, 0.4) is 0 Å². The van der Waals surface area contributed by atoms with Crippen LogP contribution in [0.25, 0.3) is 0 Å². The number of carbonyl (C=O) groups is 1. The van der Waals surface area contributed by atoms with E-state index in [0.29, 0.717) is 20.7 Å². The number of hydrogen-bond acceptors (Lipinski definition) is 4. The van der Waals surface area contributed by atoms with E-state index in [2.05, 4.69) is 22.1 Å². The van der Waals surface area contributed by atoms with E-state index in [0.717, 1.165) is 31.7 Å². The molecule has 1 aliphatic heterocycles. The topological polar surface area (TPSA) is 45.2 Å². The van der Waals surface area contributed by atoms with E-state index < -0.39 is 0 Å². The molecule has 1 aromatic carbocycles. The van der Waals surface area contributed by atoms with Crippen LogP contribution in [-0.4, -0.2) is 28.9 Å². The summed E-state index contributed by atoms with van der Waals surface area (Å²) in [6.45, 7) is 5.09. The minimum absolute atomic E-state index is 0. The molecule has 1 amide bonds. The first-order valence-electron chi connectivity index (χ1n) is 7.04. The van der Waals surface area contributed by atoms with Crippen LogP contribution < -0.4 is 5.32 Å². The smallest absolute Gasteiger partial charge is 0.259 e. The minimum Gasteiger partial charge on any atom is -0.298 e. The van der Waals surface area contributed by atoms with Crippen molar-refractivity contribution in [2.75, 3.05) is 18.4 Å². The number of amides is 1. The van der Waals surface area contributed by atoms with Gasteiger partial charge in [0.15, 0.2) is 5.13 Å². The Morgan fingerprint density at radius 2 is 2.22 bits per heavy atom. The molecule has 4 nitrogen and oxygen atoms in total. The zero-order valence-corrected chi connectivity index (χ0v) is 15.6. The van der Waals surface area contributed by atoms with Crippen LogP contribution in [0.15, 0.2) is 18.2 Å². The van der Waals surface area contributed by atoms with Gasteiger partial charge in [-0.3, -0.25) is 15.0 Å². The van der Waals surface area contributed by atoms with Crippen LogP contribution in [0.1, 0.15) is 27.9 Å². The highest BCUT2D eigenvalue weighted by Crippen LogP contribution is 2.29. The highest BCUT2D eigenvalue weighted by atomic mass is 35.5. The standard InChI is InChI=1S/C15H15Cl2N3OS.ClH/c1-2-20-6-5-12-13(8-20)22-15(18-12)19-14(21)10-7-9(16)3-4-11(10)17;/h3-4,7H,2,5-6,8H2,1H3,(H,18,19,21);1H. The van der Waals surface area contributed by atoms with Crippen molar-refractivity contribution in [1.29, 1.82) is 0 Å². The number of fused-ring (bicyclic) bond motifs is 1. The van der Waals surface area contributed by atoms with E-state index in [4.69, 9.17) is 23.2 Å². The predicted octanol–water partition coefficient (Wildman–Crippen LogP) is 4.50. The number of hydrogen-bond donors (Lipinski definition) is 1. The number of benzene rings is 1. The predicted molar refractivity (Wildman–Crippen MR) is 98.4 cm³/mol. The van der Waals surface area contributed by atoms with Gasteiger partial charge in [0.25, 0.3) is 5.91 Å². The molecule has 1 N–H and O–H groups in total. The Morgan fingerprint density at radius 1 is 1.43 bits per heavy atom. The summed E-state index contributed by atoms with van der Waals surface area (Å²) in [5.41, 5.74) is 1.44. The van der Waals surface area contributed by atoms with Crippen LogP contribution in [0.4, 0.5) is 5.13 Å². The first-order chi connectivity index (χ1) is 10.6. The van der Waals surface area contributed by atoms with Crippen LogP contribution in [0, 0.1) is 0 Å². The van der Waals surface area contributed by atoms with Gasteiger partial charge in [-0.25, -0.2) is 4.98 Å². The van der Waals surface area contributed by atoms with Gasteiger partial charge in [0.1, 0.15) is 0 Å². The van der Waals surface area contributed by atoms with Crippen molar-refractivity contribution in [3.05, 3.63) is 44.4 Å². The molecule has 23 heavy (non-hydrogen) atoms. The summed E-state index contributed by atoms with van der Waals surface area (Å²) in [6.07, 6.45) is 0.924. The molecule has 0 spiro atoms. The fourth-order valence-electron chi connectivity index (χ4n) is 2.41. The average Bonchev–Trinajstić information content (AvgIpc) is 2.90. The third-order valence-electron chi connectivity index (χ3n) is 3.65. The van der Waals surface area contributed by atoms with Crippen molar-refractivity contribution in [2.45, 2.75) is 19.9 Å². The zero-order chi connectivity index (χ0) is 15.7. The number of anilines is 1. The molecule has 2 aromatic rings. The number of aromatic nitrogens is 1. The Hall–Kier alpha value is -0.850. The second-order valence-electron chi connectivity index (χ2n) is 5.09. The molecule has 1 aromatic heterocycles. The number of carbonyl (C=O) groups excluding carboxylic acids is 1. The Morgan fingerprint density at radius 3 is 2.96 bits per heavy atom. The molecule has 0 saturated carbocycles. The Balaban J connectivity index is 0.00000192. The summed E-state index contributed by atoms with van der Waals surface area (Å²) < 4.78 is 0. The highest BCUT2D eigenvalue weighted by molar-refractivity contribution is 7.15. The maximum absolute atomic E-state index is 12.3. The summed E-state index contributed by atoms with van der Waals surface area (Å²) in [7, 11) is 0. The molecule has 124 valence electrons. The van der Waals surface area contributed by atoms with Gasteiger partial charge in [-0.15, -0.1) is 23.7 Å². The third kappa shape index (κ3) is 4.17. The van der Waals surface area contributed by atoms with Crippen molar-refractivity contribution in [2.24, 2.45) is 0 Å². The fourth-order valence-corrected chi connectivity index (χ4v) is 3.83. The Labute approximate surface area is 155 Å². The fraction of sp³-hybridized carbons (Fsp3) is 0.333. The van der Waals surface area contributed by atoms with Crippen molar-refractivity contribution in [3.8, 4) is 0 Å². The molecule has 0 fully saturated rings. The van der Waals surface area contributed by atoms with Gasteiger partial charge in [0, 0.05) is 29.4 Å². The molecule has 0 aliphatic carbocycles.